The molecule has 0 heterocycles. The van der Waals surface area contributed by atoms with Crippen molar-refractivity contribution in [1.29, 1.82) is 0 Å². The van der Waals surface area contributed by atoms with Gasteiger partial charge < -0.3 is 10.4 Å². The zero-order valence-corrected chi connectivity index (χ0v) is 9.51. The van der Waals surface area contributed by atoms with Crippen LogP contribution in [0.15, 0.2) is 22.7 Å². The number of hydrogen-bond acceptors (Lipinski definition) is 2. The summed E-state index contributed by atoms with van der Waals surface area (Å²) < 4.78 is 13.9. The van der Waals surface area contributed by atoms with Gasteiger partial charge in [-0.25, -0.2) is 4.39 Å². The maximum Gasteiger partial charge on any atom is 0.147 e. The second-order valence-corrected chi connectivity index (χ2v) is 4.12. The van der Waals surface area contributed by atoms with Gasteiger partial charge in [-0.2, -0.15) is 0 Å². The van der Waals surface area contributed by atoms with Gasteiger partial charge in [0.15, 0.2) is 0 Å². The molecule has 1 unspecified atom stereocenters. The largest absolute Gasteiger partial charge is 0.396 e. The van der Waals surface area contributed by atoms with E-state index in [9.17, 15) is 4.39 Å². The molecular formula is C10H13BrFNO. The Kier molecular flexibility index (Phi) is 4.35. The minimum atomic E-state index is -0.287. The molecule has 1 atom stereocenters. The second-order valence-electron chi connectivity index (χ2n) is 3.27. The molecule has 0 aromatic heterocycles. The van der Waals surface area contributed by atoms with Crippen molar-refractivity contribution in [2.24, 2.45) is 5.92 Å². The molecule has 0 radical (unpaired) electrons. The van der Waals surface area contributed by atoms with Crippen molar-refractivity contribution >= 4 is 21.6 Å². The van der Waals surface area contributed by atoms with Gasteiger partial charge in [-0.05, 0) is 34.0 Å². The number of nitrogens with one attached hydrogen (secondary N) is 1. The molecule has 0 aliphatic carbocycles. The Bertz CT molecular complexity index is 286. The first-order valence-electron chi connectivity index (χ1n) is 4.44. The van der Waals surface area contributed by atoms with Crippen LogP contribution in [0.2, 0.25) is 0 Å². The Hall–Kier alpha value is -0.610. The van der Waals surface area contributed by atoms with Crippen LogP contribution in [0.5, 0.6) is 0 Å². The molecule has 2 N–H and O–H groups in total. The van der Waals surface area contributed by atoms with E-state index in [1.54, 1.807) is 12.1 Å². The van der Waals surface area contributed by atoms with Crippen molar-refractivity contribution in [2.45, 2.75) is 6.92 Å². The molecule has 1 rings (SSSR count). The summed E-state index contributed by atoms with van der Waals surface area (Å²) >= 11 is 3.25. The van der Waals surface area contributed by atoms with Crippen LogP contribution in [0.25, 0.3) is 0 Å². The van der Waals surface area contributed by atoms with Crippen LogP contribution in [-0.4, -0.2) is 18.3 Å². The maximum atomic E-state index is 13.2. The Morgan fingerprint density at radius 2 is 2.29 bits per heavy atom. The Morgan fingerprint density at radius 1 is 1.57 bits per heavy atom. The first kappa shape index (κ1) is 11.5. The fraction of sp³-hybridized carbons (Fsp3) is 0.400. The number of aliphatic hydroxyl groups is 1. The van der Waals surface area contributed by atoms with E-state index in [4.69, 9.17) is 5.11 Å². The van der Waals surface area contributed by atoms with Crippen molar-refractivity contribution in [3.05, 3.63) is 28.5 Å². The number of hydrogen-bond donors (Lipinski definition) is 2. The van der Waals surface area contributed by atoms with Gasteiger partial charge in [0.25, 0.3) is 0 Å². The number of anilines is 1. The monoisotopic (exact) mass is 261 g/mol. The summed E-state index contributed by atoms with van der Waals surface area (Å²) in [5.74, 6) is -0.175. The van der Waals surface area contributed by atoms with Gasteiger partial charge in [0.1, 0.15) is 5.82 Å². The summed E-state index contributed by atoms with van der Waals surface area (Å²) in [5.41, 5.74) is 0.452. The highest BCUT2D eigenvalue weighted by molar-refractivity contribution is 9.10. The molecule has 78 valence electrons. The first-order chi connectivity index (χ1) is 6.65. The van der Waals surface area contributed by atoms with E-state index in [0.717, 1.165) is 0 Å². The Balaban J connectivity index is 2.66. The van der Waals surface area contributed by atoms with Gasteiger partial charge in [-0.3, -0.25) is 0 Å². The highest BCUT2D eigenvalue weighted by Crippen LogP contribution is 2.25. The van der Waals surface area contributed by atoms with E-state index in [1.807, 2.05) is 6.92 Å². The lowest BCUT2D eigenvalue weighted by atomic mass is 10.2. The number of rotatable bonds is 4. The Labute approximate surface area is 91.3 Å². The fourth-order valence-corrected chi connectivity index (χ4v) is 1.49. The van der Waals surface area contributed by atoms with Crippen molar-refractivity contribution < 1.29 is 9.50 Å². The number of halogens is 2. The van der Waals surface area contributed by atoms with E-state index in [-0.39, 0.29) is 18.3 Å². The summed E-state index contributed by atoms with van der Waals surface area (Å²) in [4.78, 5) is 0. The predicted molar refractivity (Wildman–Crippen MR) is 58.8 cm³/mol. The average Bonchev–Trinajstić information content (AvgIpc) is 2.16. The van der Waals surface area contributed by atoms with Crippen LogP contribution in [0, 0.1) is 11.7 Å². The second kappa shape index (κ2) is 5.32. The average molecular weight is 262 g/mol. The minimum absolute atomic E-state index is 0.0963. The van der Waals surface area contributed by atoms with E-state index >= 15 is 0 Å². The molecule has 0 saturated carbocycles. The van der Waals surface area contributed by atoms with Crippen LogP contribution in [0.1, 0.15) is 6.92 Å². The van der Waals surface area contributed by atoms with Gasteiger partial charge in [0.05, 0.1) is 5.69 Å². The van der Waals surface area contributed by atoms with Crippen LogP contribution in [0.3, 0.4) is 0 Å². The van der Waals surface area contributed by atoms with Gasteiger partial charge >= 0.3 is 0 Å². The topological polar surface area (TPSA) is 32.3 Å². The molecule has 14 heavy (non-hydrogen) atoms. The van der Waals surface area contributed by atoms with Gasteiger partial charge in [-0.15, -0.1) is 0 Å². The third-order valence-corrected chi connectivity index (χ3v) is 2.56. The quantitative estimate of drug-likeness (QED) is 0.874. The molecule has 0 saturated heterocycles. The summed E-state index contributed by atoms with van der Waals surface area (Å²) in [5, 5.41) is 11.8. The molecule has 1 aromatic carbocycles. The predicted octanol–water partition coefficient (Wildman–Crippen LogP) is 2.63. The molecule has 4 heteroatoms. The molecule has 0 aliphatic rings. The third-order valence-electron chi connectivity index (χ3n) is 1.90. The van der Waals surface area contributed by atoms with Crippen LogP contribution >= 0.6 is 15.9 Å². The Morgan fingerprint density at radius 3 is 2.86 bits per heavy atom. The molecule has 2 nitrogen and oxygen atoms in total. The highest BCUT2D eigenvalue weighted by atomic mass is 79.9. The highest BCUT2D eigenvalue weighted by Gasteiger charge is 2.07. The molecule has 0 fully saturated rings. The van der Waals surface area contributed by atoms with Crippen molar-refractivity contribution in [1.82, 2.24) is 0 Å². The van der Waals surface area contributed by atoms with E-state index < -0.39 is 0 Å². The lowest BCUT2D eigenvalue weighted by Crippen LogP contribution is -2.15. The number of benzene rings is 1. The molecular weight excluding hydrogens is 249 g/mol. The lowest BCUT2D eigenvalue weighted by molar-refractivity contribution is 0.244. The number of para-hydroxylation sites is 1. The molecule has 0 spiro atoms. The van der Waals surface area contributed by atoms with Crippen LogP contribution in [0.4, 0.5) is 10.1 Å². The molecule has 0 bridgehead atoms. The van der Waals surface area contributed by atoms with Crippen LogP contribution in [-0.2, 0) is 0 Å². The molecule has 1 aromatic rings. The minimum Gasteiger partial charge on any atom is -0.396 e. The fourth-order valence-electron chi connectivity index (χ4n) is 1.01. The normalized spacial score (nSPS) is 12.6. The summed E-state index contributed by atoms with van der Waals surface area (Å²) in [6.07, 6.45) is 0. The summed E-state index contributed by atoms with van der Waals surface area (Å²) in [7, 11) is 0. The van der Waals surface area contributed by atoms with Gasteiger partial charge in [0, 0.05) is 17.6 Å². The van der Waals surface area contributed by atoms with E-state index in [0.29, 0.717) is 16.7 Å². The van der Waals surface area contributed by atoms with Crippen LogP contribution < -0.4 is 5.32 Å². The standard InChI is InChI=1S/C10H13BrFNO/c1-7(6-14)5-13-10-8(11)3-2-4-9(10)12/h2-4,7,13-14H,5-6H2,1H3. The first-order valence-corrected chi connectivity index (χ1v) is 5.23. The van der Waals surface area contributed by atoms with Gasteiger partial charge in [-0.1, -0.05) is 13.0 Å². The zero-order valence-electron chi connectivity index (χ0n) is 7.93. The maximum absolute atomic E-state index is 13.2. The zero-order chi connectivity index (χ0) is 10.6. The van der Waals surface area contributed by atoms with Gasteiger partial charge in [0.2, 0.25) is 0 Å². The van der Waals surface area contributed by atoms with E-state index in [2.05, 4.69) is 21.2 Å². The molecule has 0 aliphatic heterocycles. The van der Waals surface area contributed by atoms with Crippen molar-refractivity contribution in [3.8, 4) is 0 Å². The van der Waals surface area contributed by atoms with Crippen molar-refractivity contribution in [3.63, 3.8) is 0 Å². The third kappa shape index (κ3) is 2.96. The lowest BCUT2D eigenvalue weighted by Gasteiger charge is -2.12. The number of aliphatic hydroxyl groups excluding tert-OH is 1. The smallest absolute Gasteiger partial charge is 0.147 e. The molecule has 0 amide bonds. The summed E-state index contributed by atoms with van der Waals surface area (Å²) in [6.45, 7) is 2.54. The summed E-state index contributed by atoms with van der Waals surface area (Å²) in [6, 6.07) is 4.81. The van der Waals surface area contributed by atoms with Crippen molar-refractivity contribution in [2.75, 3.05) is 18.5 Å². The SMILES string of the molecule is CC(CO)CNc1c(F)cccc1Br. The van der Waals surface area contributed by atoms with E-state index in [1.165, 1.54) is 6.07 Å².